The van der Waals surface area contributed by atoms with E-state index in [1.165, 1.54) is 164 Å². The molecule has 0 radical (unpaired) electrons. The van der Waals surface area contributed by atoms with Crippen LogP contribution in [0.1, 0.15) is 105 Å². The molecule has 0 heteroatoms. The lowest BCUT2D eigenvalue weighted by Crippen LogP contribution is -2.12. The molecule has 0 N–H and O–H groups in total. The highest BCUT2D eigenvalue weighted by Crippen LogP contribution is 2.49. The summed E-state index contributed by atoms with van der Waals surface area (Å²) < 4.78 is 0. The molecule has 0 saturated carbocycles. The molecule has 14 aromatic rings. The van der Waals surface area contributed by atoms with Gasteiger partial charge in [-0.05, 0) is 234 Å². The summed E-state index contributed by atoms with van der Waals surface area (Å²) in [4.78, 5) is 0. The molecule has 0 spiro atoms. The quantitative estimate of drug-likeness (QED) is 0.151. The minimum Gasteiger partial charge on any atom is -0.0622 e. The van der Waals surface area contributed by atoms with Crippen molar-refractivity contribution in [1.82, 2.24) is 0 Å². The van der Waals surface area contributed by atoms with Gasteiger partial charge in [-0.25, -0.2) is 0 Å². The van der Waals surface area contributed by atoms with E-state index >= 15 is 0 Å². The van der Waals surface area contributed by atoms with Crippen molar-refractivity contribution in [2.24, 2.45) is 0 Å². The SMILES string of the molecule is CC(C)(C)c1cc(-c2cc3c4ccc(-c5ccc6c(-c7ccccc7)cc7c8ccccc8c(-c8ccccc8)cc7c6c5)cc4c(-c4cc(C(C)(C)C)cc5ccc(C(C)(C)C)cc45)cc3c3ccccc23)c2cc(C(C)(C)C)ccc2c1. The van der Waals surface area contributed by atoms with Gasteiger partial charge in [-0.3, -0.25) is 0 Å². The topological polar surface area (TPSA) is 0 Å². The third-order valence-corrected chi connectivity index (χ3v) is 18.4. The fourth-order valence-corrected chi connectivity index (χ4v) is 13.5. The van der Waals surface area contributed by atoms with Crippen LogP contribution in [-0.2, 0) is 21.7 Å². The van der Waals surface area contributed by atoms with E-state index in [-0.39, 0.29) is 21.7 Å². The Balaban J connectivity index is 1.11. The molecule has 14 rings (SSSR count). The maximum Gasteiger partial charge on any atom is -0.00921 e. The van der Waals surface area contributed by atoms with E-state index in [0.717, 1.165) is 0 Å². The van der Waals surface area contributed by atoms with Crippen molar-refractivity contribution in [1.29, 1.82) is 0 Å². The van der Waals surface area contributed by atoms with E-state index in [1.807, 2.05) is 0 Å². The van der Waals surface area contributed by atoms with Crippen LogP contribution in [0.2, 0.25) is 0 Å². The number of hydrogen-bond acceptors (Lipinski definition) is 0. The minimum atomic E-state index is -0.0829. The summed E-state index contributed by atoms with van der Waals surface area (Å²) in [5, 5.41) is 20.2. The van der Waals surface area contributed by atoms with Gasteiger partial charge in [-0.2, -0.15) is 0 Å². The smallest absolute Gasteiger partial charge is 0.00921 e. The lowest BCUT2D eigenvalue weighted by atomic mass is 9.79. The number of fused-ring (bicyclic) bond motifs is 12. The molecule has 14 aromatic carbocycles. The lowest BCUT2D eigenvalue weighted by molar-refractivity contribution is 0.589. The van der Waals surface area contributed by atoms with E-state index in [0.29, 0.717) is 0 Å². The summed E-state index contributed by atoms with van der Waals surface area (Å²) >= 11 is 0. The molecule has 0 nitrogen and oxygen atoms in total. The van der Waals surface area contributed by atoms with Crippen molar-refractivity contribution in [2.45, 2.75) is 105 Å². The average Bonchev–Trinajstić information content (AvgIpc) is 2.04. The van der Waals surface area contributed by atoms with Crippen molar-refractivity contribution in [3.8, 4) is 55.6 Å². The Morgan fingerprint density at radius 3 is 0.917 bits per heavy atom. The lowest BCUT2D eigenvalue weighted by Gasteiger charge is -2.25. The molecule has 0 heterocycles. The Morgan fingerprint density at radius 2 is 0.476 bits per heavy atom. The van der Waals surface area contributed by atoms with Crippen LogP contribution < -0.4 is 0 Å². The van der Waals surface area contributed by atoms with Crippen molar-refractivity contribution in [2.75, 3.05) is 0 Å². The third-order valence-electron chi connectivity index (χ3n) is 18.4. The van der Waals surface area contributed by atoms with Crippen LogP contribution in [0.4, 0.5) is 0 Å². The van der Waals surface area contributed by atoms with Crippen molar-refractivity contribution >= 4 is 86.2 Å². The molecule has 0 fully saturated rings. The first-order valence-electron chi connectivity index (χ1n) is 30.3. The van der Waals surface area contributed by atoms with Crippen molar-refractivity contribution in [3.63, 3.8) is 0 Å². The second kappa shape index (κ2) is 19.4. The van der Waals surface area contributed by atoms with Crippen molar-refractivity contribution < 1.29 is 0 Å². The molecule has 0 atom stereocenters. The Labute approximate surface area is 496 Å². The maximum atomic E-state index is 2.57. The molecule has 0 aromatic heterocycles. The highest BCUT2D eigenvalue weighted by molar-refractivity contribution is 6.27. The normalized spacial score (nSPS) is 12.8. The van der Waals surface area contributed by atoms with Gasteiger partial charge >= 0.3 is 0 Å². The Hall–Kier alpha value is -8.84. The second-order valence-corrected chi connectivity index (χ2v) is 28.2. The number of rotatable bonds is 5. The second-order valence-electron chi connectivity index (χ2n) is 28.2. The van der Waals surface area contributed by atoms with Gasteiger partial charge in [0.1, 0.15) is 0 Å². The van der Waals surface area contributed by atoms with Gasteiger partial charge in [-0.1, -0.05) is 265 Å². The van der Waals surface area contributed by atoms with Crippen LogP contribution in [0.3, 0.4) is 0 Å². The van der Waals surface area contributed by atoms with E-state index in [1.54, 1.807) is 0 Å². The van der Waals surface area contributed by atoms with Crippen LogP contribution in [0, 0.1) is 0 Å². The summed E-state index contributed by atoms with van der Waals surface area (Å²) in [6.07, 6.45) is 0. The van der Waals surface area contributed by atoms with Gasteiger partial charge in [0.2, 0.25) is 0 Å². The molecule has 84 heavy (non-hydrogen) atoms. The fraction of sp³-hybridized carbons (Fsp3) is 0.190. The molecule has 0 aliphatic carbocycles. The molecular weight excluding hydrogens is 1010 g/mol. The van der Waals surface area contributed by atoms with Crippen LogP contribution in [-0.4, -0.2) is 0 Å². The average molecular weight is 1080 g/mol. The zero-order chi connectivity index (χ0) is 58.2. The third kappa shape index (κ3) is 9.05. The van der Waals surface area contributed by atoms with Crippen LogP contribution in [0.15, 0.2) is 231 Å². The van der Waals surface area contributed by atoms with Crippen molar-refractivity contribution in [3.05, 3.63) is 253 Å². The monoisotopic (exact) mass is 1080 g/mol. The maximum absolute atomic E-state index is 2.57. The summed E-state index contributed by atoms with van der Waals surface area (Å²) in [5.41, 5.74) is 17.6. The molecule has 0 bridgehead atoms. The summed E-state index contributed by atoms with van der Waals surface area (Å²) in [5.74, 6) is 0. The molecular formula is C84H74. The first kappa shape index (κ1) is 53.2. The van der Waals surface area contributed by atoms with Gasteiger partial charge in [0.05, 0.1) is 0 Å². The van der Waals surface area contributed by atoms with Crippen LogP contribution in [0.25, 0.3) is 142 Å². The van der Waals surface area contributed by atoms with Gasteiger partial charge in [0.15, 0.2) is 0 Å². The van der Waals surface area contributed by atoms with E-state index in [4.69, 9.17) is 0 Å². The molecule has 410 valence electrons. The molecule has 0 aliphatic heterocycles. The van der Waals surface area contributed by atoms with Gasteiger partial charge in [0.25, 0.3) is 0 Å². The fourth-order valence-electron chi connectivity index (χ4n) is 13.5. The first-order chi connectivity index (χ1) is 40.2. The Bertz CT molecular complexity index is 5000. The van der Waals surface area contributed by atoms with Gasteiger partial charge in [-0.15, -0.1) is 0 Å². The van der Waals surface area contributed by atoms with E-state index in [9.17, 15) is 0 Å². The summed E-state index contributed by atoms with van der Waals surface area (Å²) in [7, 11) is 0. The summed E-state index contributed by atoms with van der Waals surface area (Å²) in [6.45, 7) is 28.1. The zero-order valence-electron chi connectivity index (χ0n) is 50.9. The highest BCUT2D eigenvalue weighted by Gasteiger charge is 2.26. The van der Waals surface area contributed by atoms with E-state index in [2.05, 4.69) is 314 Å². The van der Waals surface area contributed by atoms with Crippen LogP contribution >= 0.6 is 0 Å². The zero-order valence-corrected chi connectivity index (χ0v) is 50.9. The van der Waals surface area contributed by atoms with Gasteiger partial charge < -0.3 is 0 Å². The molecule has 0 aliphatic rings. The molecule has 0 amide bonds. The predicted octanol–water partition coefficient (Wildman–Crippen LogP) is 24.4. The van der Waals surface area contributed by atoms with E-state index < -0.39 is 0 Å². The Kier molecular flexibility index (Phi) is 12.3. The first-order valence-corrected chi connectivity index (χ1v) is 30.3. The standard InChI is InChI=1S/C84H74/c1-81(2,3)57-35-31-55-39-59(83(7,8)9)45-73(67(55)43-57)76-49-78-66-38-34-54(42-72(66)80(50-77(78)64-30-22-21-29-63(64)76)74-46-60(84(10,11)12)40-56-32-36-58(44-68(56)74)82(4,5)6)53-33-37-65-70(52-25-17-14-18-26-52)47-75-62-28-20-19-27-61(62)69(48-79(75)71(65)41-53)51-23-15-13-16-24-51/h13-50H,1-12H3. The largest absolute Gasteiger partial charge is 0.0622 e. The molecule has 0 saturated heterocycles. The number of hydrogen-bond donors (Lipinski definition) is 0. The summed E-state index contributed by atoms with van der Waals surface area (Å²) in [6, 6.07) is 89.1. The predicted molar refractivity (Wildman–Crippen MR) is 368 cm³/mol. The Morgan fingerprint density at radius 1 is 0.167 bits per heavy atom. The van der Waals surface area contributed by atoms with Crippen LogP contribution in [0.5, 0.6) is 0 Å². The molecule has 0 unspecified atom stereocenters. The highest BCUT2D eigenvalue weighted by atomic mass is 14.3. The number of benzene rings is 14. The van der Waals surface area contributed by atoms with Gasteiger partial charge in [0, 0.05) is 0 Å². The minimum absolute atomic E-state index is 0.00611.